The molecule has 10 heteroatoms. The first-order valence-corrected chi connectivity index (χ1v) is 10.9. The van der Waals surface area contributed by atoms with E-state index in [2.05, 4.69) is 34.8 Å². The zero-order chi connectivity index (χ0) is 20.3. The van der Waals surface area contributed by atoms with Gasteiger partial charge in [0, 0.05) is 11.0 Å². The predicted octanol–water partition coefficient (Wildman–Crippen LogP) is 4.43. The van der Waals surface area contributed by atoms with Crippen LogP contribution in [0.5, 0.6) is 0 Å². The summed E-state index contributed by atoms with van der Waals surface area (Å²) in [6, 6.07) is 0. The number of nitrogens with zero attached hydrogens (tertiary/aromatic N) is 2. The highest BCUT2D eigenvalue weighted by atomic mass is 35.5. The number of aromatic nitrogens is 2. The molecule has 1 aliphatic rings. The summed E-state index contributed by atoms with van der Waals surface area (Å²) < 4.78 is 36.2. The third-order valence-corrected chi connectivity index (χ3v) is 8.22. The molecule has 0 aliphatic heterocycles. The predicted molar refractivity (Wildman–Crippen MR) is 105 cm³/mol. The Morgan fingerprint density at radius 3 is 2.27 bits per heavy atom. The van der Waals surface area contributed by atoms with Crippen LogP contribution in [-0.2, 0) is 23.7 Å². The van der Waals surface area contributed by atoms with Crippen molar-refractivity contribution in [3.63, 3.8) is 0 Å². The summed E-state index contributed by atoms with van der Waals surface area (Å²) in [5.41, 5.74) is 0. The van der Waals surface area contributed by atoms with Crippen LogP contribution in [0.3, 0.4) is 0 Å². The van der Waals surface area contributed by atoms with Crippen LogP contribution < -0.4 is 4.57 Å². The highest BCUT2D eigenvalue weighted by Crippen LogP contribution is 2.50. The quantitative estimate of drug-likeness (QED) is 0.489. The smallest absolute Gasteiger partial charge is 0.243 e. The van der Waals surface area contributed by atoms with Gasteiger partial charge in [0.1, 0.15) is 27.3 Å². The van der Waals surface area contributed by atoms with E-state index in [0.717, 1.165) is 6.54 Å². The lowest BCUT2D eigenvalue weighted by molar-refractivity contribution is -0.671. The average Bonchev–Trinajstić information content (AvgIpc) is 2.99. The largest absolute Gasteiger partial charge is 0.747 e. The number of imidazole rings is 1. The van der Waals surface area contributed by atoms with Crippen molar-refractivity contribution in [2.75, 3.05) is 0 Å². The van der Waals surface area contributed by atoms with E-state index in [9.17, 15) is 13.0 Å². The number of rotatable bonds is 4. The second kappa shape index (κ2) is 9.30. The van der Waals surface area contributed by atoms with Gasteiger partial charge in [-0.2, -0.15) is 0 Å². The molecule has 2 unspecified atom stereocenters. The highest BCUT2D eigenvalue weighted by molar-refractivity contribution is 7.87. The molecule has 1 aliphatic carbocycles. The first-order valence-electron chi connectivity index (χ1n) is 7.95. The van der Waals surface area contributed by atoms with E-state index in [1.807, 2.05) is 7.05 Å². The Kier molecular flexibility index (Phi) is 8.52. The fourth-order valence-electron chi connectivity index (χ4n) is 2.34. The molecule has 0 aromatic carbocycles. The Morgan fingerprint density at radius 1 is 1.27 bits per heavy atom. The fourth-order valence-corrected chi connectivity index (χ4v) is 4.84. The first-order chi connectivity index (χ1) is 11.9. The van der Waals surface area contributed by atoms with Crippen LogP contribution in [0.15, 0.2) is 38.9 Å². The molecule has 5 nitrogen and oxygen atoms in total. The average molecular weight is 464 g/mol. The molecular formula is C16H22Cl4N2O3S. The van der Waals surface area contributed by atoms with E-state index in [1.165, 1.54) is 26.7 Å². The second-order valence-electron chi connectivity index (χ2n) is 6.24. The van der Waals surface area contributed by atoms with E-state index in [-0.39, 0.29) is 20.1 Å². The molecule has 0 saturated heterocycles. The summed E-state index contributed by atoms with van der Waals surface area (Å²) in [7, 11) is -2.67. The standard InChI is InChI=1S/C8H8Cl4O3S.C8H15N2/c1-3-4(9)5(10)6(11)7(12)8(3,2)16(13,14)15;1-3-4-5-10-7-6-9(2)8-10/h3H,1-2H3,(H,13,14,15);6-8H,3-5H2,1-2H3/q;+1/p-1. The number of hydrogen-bond donors (Lipinski definition) is 0. The van der Waals surface area contributed by atoms with Crippen molar-refractivity contribution in [1.29, 1.82) is 0 Å². The Hall–Kier alpha value is -0.240. The molecule has 0 bridgehead atoms. The molecule has 1 aromatic heterocycles. The Labute approximate surface area is 174 Å². The third-order valence-electron chi connectivity index (χ3n) is 4.35. The van der Waals surface area contributed by atoms with E-state index < -0.39 is 20.8 Å². The summed E-state index contributed by atoms with van der Waals surface area (Å²) in [6.07, 6.45) is 8.82. The molecule has 1 heterocycles. The van der Waals surface area contributed by atoms with Crippen molar-refractivity contribution >= 4 is 56.5 Å². The van der Waals surface area contributed by atoms with Crippen LogP contribution in [-0.4, -0.2) is 22.3 Å². The summed E-state index contributed by atoms with van der Waals surface area (Å²) in [4.78, 5) is 0. The maximum Gasteiger partial charge on any atom is 0.243 e. The van der Waals surface area contributed by atoms with Gasteiger partial charge < -0.3 is 4.55 Å². The summed E-state index contributed by atoms with van der Waals surface area (Å²) in [5, 5.41) is -0.514. The van der Waals surface area contributed by atoms with Crippen LogP contribution in [0.4, 0.5) is 0 Å². The SMILES string of the molecule is CC1C(Cl)=C(Cl)C(Cl)=C(Cl)C1(C)S(=O)(=O)[O-].CCCCn1cc[n+](C)c1. The molecule has 2 rings (SSSR count). The molecule has 0 amide bonds. The Balaban J connectivity index is 0.000000289. The number of unbranched alkanes of at least 4 members (excludes halogenated alkanes) is 1. The van der Waals surface area contributed by atoms with Gasteiger partial charge in [-0.15, -0.1) is 0 Å². The number of aryl methyl sites for hydroxylation is 2. The zero-order valence-electron chi connectivity index (χ0n) is 15.0. The monoisotopic (exact) mass is 462 g/mol. The van der Waals surface area contributed by atoms with Crippen molar-refractivity contribution in [3.8, 4) is 0 Å². The van der Waals surface area contributed by atoms with Crippen molar-refractivity contribution < 1.29 is 17.5 Å². The Morgan fingerprint density at radius 2 is 1.85 bits per heavy atom. The van der Waals surface area contributed by atoms with E-state index in [0.29, 0.717) is 0 Å². The minimum atomic E-state index is -4.71. The Bertz CT molecular complexity index is 817. The van der Waals surface area contributed by atoms with Crippen LogP contribution in [0, 0.1) is 5.92 Å². The number of hydrogen-bond acceptors (Lipinski definition) is 3. The van der Waals surface area contributed by atoms with Crippen molar-refractivity contribution in [2.24, 2.45) is 13.0 Å². The highest BCUT2D eigenvalue weighted by Gasteiger charge is 2.47. The van der Waals surface area contributed by atoms with Crippen LogP contribution in [0.25, 0.3) is 0 Å². The van der Waals surface area contributed by atoms with E-state index >= 15 is 0 Å². The van der Waals surface area contributed by atoms with Gasteiger partial charge in [-0.25, -0.2) is 17.6 Å². The summed E-state index contributed by atoms with van der Waals surface area (Å²) in [6.45, 7) is 5.99. The normalized spacial score (nSPS) is 23.8. The lowest BCUT2D eigenvalue weighted by atomic mass is 9.90. The van der Waals surface area contributed by atoms with Crippen LogP contribution in [0.1, 0.15) is 33.6 Å². The van der Waals surface area contributed by atoms with Gasteiger partial charge in [0.25, 0.3) is 0 Å². The van der Waals surface area contributed by atoms with Gasteiger partial charge in [-0.05, 0) is 13.3 Å². The van der Waals surface area contributed by atoms with Crippen molar-refractivity contribution in [2.45, 2.75) is 44.9 Å². The van der Waals surface area contributed by atoms with Crippen molar-refractivity contribution in [1.82, 2.24) is 4.57 Å². The molecule has 0 radical (unpaired) electrons. The van der Waals surface area contributed by atoms with Crippen LogP contribution in [0.2, 0.25) is 0 Å². The maximum atomic E-state index is 11.3. The molecular weight excluding hydrogens is 442 g/mol. The van der Waals surface area contributed by atoms with Crippen LogP contribution >= 0.6 is 46.4 Å². The fraction of sp³-hybridized carbons (Fsp3) is 0.562. The third kappa shape index (κ3) is 4.97. The van der Waals surface area contributed by atoms with E-state index in [1.54, 1.807) is 0 Å². The van der Waals surface area contributed by atoms with Gasteiger partial charge >= 0.3 is 0 Å². The molecule has 2 atom stereocenters. The van der Waals surface area contributed by atoms with Gasteiger partial charge in [-0.3, -0.25) is 0 Å². The molecule has 0 saturated carbocycles. The minimum Gasteiger partial charge on any atom is -0.747 e. The topological polar surface area (TPSA) is 66.0 Å². The molecule has 1 aromatic rings. The maximum absolute atomic E-state index is 11.3. The first kappa shape index (κ1) is 23.8. The summed E-state index contributed by atoms with van der Waals surface area (Å²) in [5.74, 6) is -0.848. The molecule has 148 valence electrons. The minimum absolute atomic E-state index is 0.0120. The van der Waals surface area contributed by atoms with Gasteiger partial charge in [-0.1, -0.05) is 66.7 Å². The van der Waals surface area contributed by atoms with Gasteiger partial charge in [0.15, 0.2) is 0 Å². The molecule has 0 fully saturated rings. The van der Waals surface area contributed by atoms with Crippen molar-refractivity contribution in [3.05, 3.63) is 38.9 Å². The molecule has 0 N–H and O–H groups in total. The molecule has 0 spiro atoms. The summed E-state index contributed by atoms with van der Waals surface area (Å²) >= 11 is 23.1. The lowest BCUT2D eigenvalue weighted by Crippen LogP contribution is -2.44. The van der Waals surface area contributed by atoms with Gasteiger partial charge in [0.05, 0.1) is 28.7 Å². The number of allylic oxidation sites excluding steroid dienone is 3. The molecule has 26 heavy (non-hydrogen) atoms. The number of halogens is 4. The second-order valence-corrected chi connectivity index (χ2v) is 9.54. The zero-order valence-corrected chi connectivity index (χ0v) is 18.8. The lowest BCUT2D eigenvalue weighted by Gasteiger charge is -2.40. The van der Waals surface area contributed by atoms with E-state index in [4.69, 9.17) is 46.4 Å². The van der Waals surface area contributed by atoms with Gasteiger partial charge in [0.2, 0.25) is 6.33 Å².